The first-order valence-corrected chi connectivity index (χ1v) is 9.84. The molecule has 0 unspecified atom stereocenters. The molecule has 0 fully saturated rings. The first-order valence-electron chi connectivity index (χ1n) is 9.84. The topological polar surface area (TPSA) is 74.3 Å². The molecule has 2 aromatic rings. The van der Waals surface area contributed by atoms with Gasteiger partial charge in [0.2, 0.25) is 0 Å². The van der Waals surface area contributed by atoms with Crippen LogP contribution < -0.4 is 14.2 Å². The van der Waals surface area contributed by atoms with Crippen LogP contribution in [0.2, 0.25) is 0 Å². The highest BCUT2D eigenvalue weighted by Gasteiger charge is 2.23. The van der Waals surface area contributed by atoms with Crippen molar-refractivity contribution in [1.82, 2.24) is 4.90 Å². The van der Waals surface area contributed by atoms with E-state index in [-0.39, 0.29) is 18.9 Å². The van der Waals surface area contributed by atoms with Crippen molar-refractivity contribution in [3.05, 3.63) is 53.1 Å². The quantitative estimate of drug-likeness (QED) is 0.620. The predicted octanol–water partition coefficient (Wildman–Crippen LogP) is 2.77. The highest BCUT2D eigenvalue weighted by Crippen LogP contribution is 2.33. The number of fused-ring (bicyclic) bond motifs is 1. The van der Waals surface area contributed by atoms with Crippen molar-refractivity contribution in [3.8, 4) is 17.2 Å². The van der Waals surface area contributed by atoms with Gasteiger partial charge in [0.25, 0.3) is 5.91 Å². The molecule has 2 aromatic carbocycles. The Hall–Kier alpha value is -3.22. The Balaban J connectivity index is 1.51. The standard InChI is InChI=1S/C23H27NO6/c1-27-19-7-5-4-6-16(19)8-9-23(26)30-15-22(25)24-11-10-17-12-20(28-2)21(29-3)13-18(17)14-24/h4-7,12-13H,8-11,14-15H2,1-3H3. The van der Waals surface area contributed by atoms with Gasteiger partial charge < -0.3 is 23.8 Å². The maximum atomic E-state index is 12.5. The minimum absolute atomic E-state index is 0.188. The van der Waals surface area contributed by atoms with E-state index in [2.05, 4.69) is 0 Å². The summed E-state index contributed by atoms with van der Waals surface area (Å²) in [4.78, 5) is 26.3. The minimum Gasteiger partial charge on any atom is -0.496 e. The molecule has 0 saturated heterocycles. The molecule has 0 radical (unpaired) electrons. The number of para-hydroxylation sites is 1. The van der Waals surface area contributed by atoms with Crippen LogP contribution in [0, 0.1) is 0 Å². The van der Waals surface area contributed by atoms with Gasteiger partial charge in [0, 0.05) is 19.5 Å². The van der Waals surface area contributed by atoms with Crippen LogP contribution in [-0.2, 0) is 33.7 Å². The van der Waals surface area contributed by atoms with E-state index in [1.807, 2.05) is 36.4 Å². The summed E-state index contributed by atoms with van der Waals surface area (Å²) in [5.41, 5.74) is 3.07. The molecule has 1 aliphatic rings. The molecule has 30 heavy (non-hydrogen) atoms. The second kappa shape index (κ2) is 10.0. The van der Waals surface area contributed by atoms with E-state index in [0.717, 1.165) is 22.4 Å². The molecule has 3 rings (SSSR count). The summed E-state index contributed by atoms with van der Waals surface area (Å²) in [7, 11) is 4.78. The number of amides is 1. The van der Waals surface area contributed by atoms with Gasteiger partial charge in [0.05, 0.1) is 21.3 Å². The zero-order valence-electron chi connectivity index (χ0n) is 17.6. The van der Waals surface area contributed by atoms with Crippen LogP contribution in [0.15, 0.2) is 36.4 Å². The van der Waals surface area contributed by atoms with Gasteiger partial charge in [0.1, 0.15) is 5.75 Å². The van der Waals surface area contributed by atoms with Gasteiger partial charge in [0.15, 0.2) is 18.1 Å². The summed E-state index contributed by atoms with van der Waals surface area (Å²) in [5, 5.41) is 0. The van der Waals surface area contributed by atoms with Gasteiger partial charge in [-0.25, -0.2) is 0 Å². The summed E-state index contributed by atoms with van der Waals surface area (Å²) in [6.45, 7) is 0.765. The van der Waals surface area contributed by atoms with Crippen molar-refractivity contribution >= 4 is 11.9 Å². The molecule has 0 saturated carbocycles. The van der Waals surface area contributed by atoms with Gasteiger partial charge in [-0.1, -0.05) is 18.2 Å². The number of hydrogen-bond acceptors (Lipinski definition) is 6. The van der Waals surface area contributed by atoms with Crippen LogP contribution in [0.1, 0.15) is 23.1 Å². The van der Waals surface area contributed by atoms with Crippen molar-refractivity contribution in [3.63, 3.8) is 0 Å². The SMILES string of the molecule is COc1ccccc1CCC(=O)OCC(=O)N1CCc2cc(OC)c(OC)cc2C1. The van der Waals surface area contributed by atoms with Crippen LogP contribution in [0.4, 0.5) is 0 Å². The van der Waals surface area contributed by atoms with Gasteiger partial charge in [-0.3, -0.25) is 9.59 Å². The van der Waals surface area contributed by atoms with E-state index in [4.69, 9.17) is 18.9 Å². The maximum Gasteiger partial charge on any atom is 0.306 e. The zero-order valence-corrected chi connectivity index (χ0v) is 17.6. The number of carbonyl (C=O) groups excluding carboxylic acids is 2. The van der Waals surface area contributed by atoms with Crippen molar-refractivity contribution in [2.45, 2.75) is 25.8 Å². The molecule has 7 heteroatoms. The molecule has 7 nitrogen and oxygen atoms in total. The highest BCUT2D eigenvalue weighted by molar-refractivity contribution is 5.81. The van der Waals surface area contributed by atoms with Gasteiger partial charge in [-0.05, 0) is 47.7 Å². The molecule has 1 aliphatic heterocycles. The summed E-state index contributed by atoms with van der Waals surface area (Å²) in [6, 6.07) is 11.4. The van der Waals surface area contributed by atoms with Crippen LogP contribution in [0.3, 0.4) is 0 Å². The van der Waals surface area contributed by atoms with E-state index in [9.17, 15) is 9.59 Å². The molecular weight excluding hydrogens is 386 g/mol. The van der Waals surface area contributed by atoms with Crippen molar-refractivity contribution < 1.29 is 28.5 Å². The third-order valence-electron chi connectivity index (χ3n) is 5.22. The van der Waals surface area contributed by atoms with E-state index in [0.29, 0.717) is 37.4 Å². The average Bonchev–Trinajstić information content (AvgIpc) is 2.79. The number of carbonyl (C=O) groups is 2. The second-order valence-electron chi connectivity index (χ2n) is 7.01. The van der Waals surface area contributed by atoms with Crippen LogP contribution in [0.25, 0.3) is 0 Å². The Labute approximate surface area is 176 Å². The van der Waals surface area contributed by atoms with Crippen LogP contribution >= 0.6 is 0 Å². The number of ether oxygens (including phenoxy) is 4. The van der Waals surface area contributed by atoms with Crippen LogP contribution in [0.5, 0.6) is 17.2 Å². The lowest BCUT2D eigenvalue weighted by Crippen LogP contribution is -2.38. The molecule has 0 atom stereocenters. The summed E-state index contributed by atoms with van der Waals surface area (Å²) in [6.07, 6.45) is 1.40. The Kier molecular flexibility index (Phi) is 7.17. The average molecular weight is 413 g/mol. The van der Waals surface area contributed by atoms with Crippen LogP contribution in [-0.4, -0.2) is 51.3 Å². The number of nitrogens with zero attached hydrogens (tertiary/aromatic N) is 1. The minimum atomic E-state index is -0.405. The summed E-state index contributed by atoms with van der Waals surface area (Å²) in [5.74, 6) is 1.44. The van der Waals surface area contributed by atoms with E-state index in [1.54, 1.807) is 26.2 Å². The lowest BCUT2D eigenvalue weighted by atomic mass is 9.99. The predicted molar refractivity (Wildman–Crippen MR) is 111 cm³/mol. The summed E-state index contributed by atoms with van der Waals surface area (Å²) < 4.78 is 21.2. The molecular formula is C23H27NO6. The Morgan fingerprint density at radius 1 is 0.933 bits per heavy atom. The van der Waals surface area contributed by atoms with E-state index in [1.165, 1.54) is 0 Å². The Morgan fingerprint density at radius 3 is 2.30 bits per heavy atom. The third kappa shape index (κ3) is 5.03. The van der Waals surface area contributed by atoms with Crippen molar-refractivity contribution in [1.29, 1.82) is 0 Å². The van der Waals surface area contributed by atoms with Gasteiger partial charge in [-0.2, -0.15) is 0 Å². The molecule has 0 aliphatic carbocycles. The van der Waals surface area contributed by atoms with Gasteiger partial charge in [-0.15, -0.1) is 0 Å². The highest BCUT2D eigenvalue weighted by atomic mass is 16.5. The molecule has 0 N–H and O–H groups in total. The van der Waals surface area contributed by atoms with E-state index < -0.39 is 5.97 Å². The number of rotatable bonds is 8. The largest absolute Gasteiger partial charge is 0.496 e. The molecule has 0 aromatic heterocycles. The molecule has 0 bridgehead atoms. The van der Waals surface area contributed by atoms with E-state index >= 15 is 0 Å². The smallest absolute Gasteiger partial charge is 0.306 e. The monoisotopic (exact) mass is 413 g/mol. The lowest BCUT2D eigenvalue weighted by molar-refractivity contribution is -0.152. The molecule has 1 amide bonds. The number of esters is 1. The second-order valence-corrected chi connectivity index (χ2v) is 7.01. The first kappa shape index (κ1) is 21.5. The summed E-state index contributed by atoms with van der Waals surface area (Å²) >= 11 is 0. The number of hydrogen-bond donors (Lipinski definition) is 0. The lowest BCUT2D eigenvalue weighted by Gasteiger charge is -2.29. The Morgan fingerprint density at radius 2 is 1.60 bits per heavy atom. The molecule has 160 valence electrons. The number of aryl methyl sites for hydroxylation is 1. The normalized spacial score (nSPS) is 12.7. The fourth-order valence-electron chi connectivity index (χ4n) is 3.55. The molecule has 1 heterocycles. The first-order chi connectivity index (χ1) is 14.5. The maximum absolute atomic E-state index is 12.5. The zero-order chi connectivity index (χ0) is 21.5. The third-order valence-corrected chi connectivity index (χ3v) is 5.22. The Bertz CT molecular complexity index is 911. The number of benzene rings is 2. The van der Waals surface area contributed by atoms with Crippen molar-refractivity contribution in [2.75, 3.05) is 34.5 Å². The van der Waals surface area contributed by atoms with Gasteiger partial charge >= 0.3 is 5.97 Å². The number of methoxy groups -OCH3 is 3. The fourth-order valence-corrected chi connectivity index (χ4v) is 3.55. The fraction of sp³-hybridized carbons (Fsp3) is 0.391. The van der Waals surface area contributed by atoms with Crippen molar-refractivity contribution in [2.24, 2.45) is 0 Å². The molecule has 0 spiro atoms.